The minimum atomic E-state index is -5.24. The molecule has 0 amide bonds. The van der Waals surface area contributed by atoms with Crippen LogP contribution in [0.4, 0.5) is 87.8 Å². The van der Waals surface area contributed by atoms with E-state index in [-0.39, 0.29) is 42.9 Å². The van der Waals surface area contributed by atoms with Crippen molar-refractivity contribution in [3.8, 4) is 0 Å². The second-order valence-corrected chi connectivity index (χ2v) is 31.3. The van der Waals surface area contributed by atoms with Gasteiger partial charge in [-0.15, -0.1) is 0 Å². The van der Waals surface area contributed by atoms with E-state index in [1.165, 1.54) is 100 Å². The quantitative estimate of drug-likeness (QED) is 0.241. The van der Waals surface area contributed by atoms with Gasteiger partial charge in [0.25, 0.3) is 0 Å². The van der Waals surface area contributed by atoms with Crippen LogP contribution in [0.1, 0.15) is 302 Å². The van der Waals surface area contributed by atoms with Gasteiger partial charge >= 0.3 is 37.1 Å². The first-order chi connectivity index (χ1) is 40.9. The molecule has 558 valence electrons. The third kappa shape index (κ3) is 41.5. The van der Waals surface area contributed by atoms with Gasteiger partial charge in [0.2, 0.25) is 5.92 Å². The van der Waals surface area contributed by atoms with E-state index in [0.717, 1.165) is 38.0 Å². The number of alkyl halides is 20. The predicted molar refractivity (Wildman–Crippen MR) is 342 cm³/mol. The first-order valence-electron chi connectivity index (χ1n) is 34.7. The fraction of sp³-hybridized carbons (Fsp3) is 1.00. The average Bonchev–Trinajstić information content (AvgIpc) is 1.50. The molecule has 12 atom stereocenters. The van der Waals surface area contributed by atoms with Gasteiger partial charge in [0.15, 0.2) is 5.41 Å². The van der Waals surface area contributed by atoms with Gasteiger partial charge in [0.05, 0.1) is 23.2 Å². The van der Waals surface area contributed by atoms with Crippen LogP contribution in [0.15, 0.2) is 0 Å². The molecule has 0 N–H and O–H groups in total. The van der Waals surface area contributed by atoms with E-state index in [1.807, 2.05) is 27.7 Å². The summed E-state index contributed by atoms with van der Waals surface area (Å²) in [7, 11) is 0. The van der Waals surface area contributed by atoms with E-state index in [1.54, 1.807) is 13.8 Å². The highest BCUT2D eigenvalue weighted by Crippen LogP contribution is 2.57. The maximum absolute atomic E-state index is 12.6. The Kier molecular flexibility index (Phi) is 42.4. The zero-order valence-electron chi connectivity index (χ0n) is 65.1. The van der Waals surface area contributed by atoms with E-state index >= 15 is 0 Å². The molecule has 10 unspecified atom stereocenters. The summed E-state index contributed by atoms with van der Waals surface area (Å²) in [5, 5.41) is 0. The molecule has 91 heavy (non-hydrogen) atoms. The molecule has 0 aliphatic heterocycles. The SMILES string of the molecule is CC1C(C(F)(F)F)C(C)[C@@H](C)C1C(F)(F)F.CC1CCC(C)C1C.CC1C[C@H](C)CC1C(F)(F)F.CCC(C)(C(F)(F)F)C(F)(F)F.CCC(C)(C)C.CCC(C)(C)C(F)(F)F.CCC(F)(F)C(C)C.CCCC(C)(C)C.[2H]C([2H])(C)C(C)(C)C.[2H]C1(C)C(C)CCC1C. The van der Waals surface area contributed by atoms with Gasteiger partial charge in [-0.05, 0) is 120 Å². The summed E-state index contributed by atoms with van der Waals surface area (Å²) in [5.74, 6) is -6.99. The van der Waals surface area contributed by atoms with Gasteiger partial charge in [-0.25, -0.2) is 8.78 Å². The van der Waals surface area contributed by atoms with Crippen LogP contribution in [0, 0.1) is 116 Å². The molecule has 4 fully saturated rings. The van der Waals surface area contributed by atoms with Crippen molar-refractivity contribution < 1.29 is 91.9 Å². The van der Waals surface area contributed by atoms with Crippen LogP contribution < -0.4 is 0 Å². The van der Waals surface area contributed by atoms with Crippen LogP contribution in [0.3, 0.4) is 0 Å². The summed E-state index contributed by atoms with van der Waals surface area (Å²) < 4.78 is 266. The summed E-state index contributed by atoms with van der Waals surface area (Å²) in [4.78, 5) is 0. The maximum atomic E-state index is 12.6. The molecule has 20 heteroatoms. The van der Waals surface area contributed by atoms with E-state index in [4.69, 9.17) is 4.11 Å². The van der Waals surface area contributed by atoms with Gasteiger partial charge in [0.1, 0.15) is 0 Å². The first-order valence-corrected chi connectivity index (χ1v) is 33.2. The standard InChI is InChI=1S/C10H14F6.C8H13F3.2C8H16.C7H16.C6H8F6.C6H11F3.C6H12F2.2C6H14/c1-4-5(2)8(10(14,15)16)6(3)7(4)9(11,12)13;1-5-3-6(2)7(4-5)8(9,10)11;2*1-6-4-5-7(2)8(6)3;1-5-6-7(2,3)4;1-3-4(2,5(7,8)9)6(10,11)12;1-4-5(2,3)6(7,8)9;1-4-6(7,8)5(2)3;2*1-5-6(2,3)4/h4-8H,1-3H3;5-7H,3-4H2,1-2H3;2*6-8H,4-5H2,1-3H3;5-6H2,1-4H3;3H2,1-2H3;4H2,1-3H3;5H,4H2,1-3H3;2*5H2,1-4H3/t4-,5?,6?,7?,8?;5-,6?,7?;;;;;;;;/m10......../s1/i;;8D;;;;;;5D2;. The molecule has 0 aromatic carbocycles. The Bertz CT molecular complexity index is 1860. The topological polar surface area (TPSA) is 0 Å². The second-order valence-electron chi connectivity index (χ2n) is 31.3. The van der Waals surface area contributed by atoms with Crippen molar-refractivity contribution in [1.29, 1.82) is 0 Å². The Morgan fingerprint density at radius 1 is 0.374 bits per heavy atom. The molecule has 0 radical (unpaired) electrons. The molecule has 4 rings (SSSR count). The Labute approximate surface area is 547 Å². The molecule has 0 spiro atoms. The Morgan fingerprint density at radius 2 is 0.692 bits per heavy atom. The van der Waals surface area contributed by atoms with Crippen LogP contribution in [0.25, 0.3) is 0 Å². The van der Waals surface area contributed by atoms with Crippen molar-refractivity contribution in [3.63, 3.8) is 0 Å². The smallest absolute Gasteiger partial charge is 0.207 e. The van der Waals surface area contributed by atoms with Crippen molar-refractivity contribution in [1.82, 2.24) is 0 Å². The normalized spacial score (nSPS) is 28.9. The largest absolute Gasteiger partial charge is 0.402 e. The predicted octanol–water partition coefficient (Wildman–Crippen LogP) is 29.8. The average molecular weight is 1370 g/mol. The molecule has 4 aliphatic carbocycles. The van der Waals surface area contributed by atoms with Gasteiger partial charge in [-0.1, -0.05) is 253 Å². The van der Waals surface area contributed by atoms with E-state index < -0.39 is 108 Å². The number of rotatable bonds is 5. The summed E-state index contributed by atoms with van der Waals surface area (Å²) in [6.45, 7) is 55.5. The second kappa shape index (κ2) is 41.1. The molecule has 4 aliphatic rings. The molecule has 0 aromatic heterocycles. The lowest BCUT2D eigenvalue weighted by Crippen LogP contribution is -2.47. The molecule has 0 bridgehead atoms. The van der Waals surface area contributed by atoms with Crippen molar-refractivity contribution in [3.05, 3.63) is 0 Å². The third-order valence-electron chi connectivity index (χ3n) is 19.6. The highest BCUT2D eigenvalue weighted by atomic mass is 19.4. The Balaban J connectivity index is -0.000000232. The number of hydrogen-bond donors (Lipinski definition) is 0. The molecule has 4 saturated carbocycles. The van der Waals surface area contributed by atoms with Crippen molar-refractivity contribution >= 4 is 0 Å². The van der Waals surface area contributed by atoms with Gasteiger partial charge < -0.3 is 0 Å². The van der Waals surface area contributed by atoms with E-state index in [0.29, 0.717) is 29.1 Å². The van der Waals surface area contributed by atoms with Crippen LogP contribution in [0.2, 0.25) is 0 Å². The lowest BCUT2D eigenvalue weighted by Gasteiger charge is -2.32. The monoisotopic (exact) mass is 1370 g/mol. The van der Waals surface area contributed by atoms with Crippen LogP contribution >= 0.6 is 0 Å². The summed E-state index contributed by atoms with van der Waals surface area (Å²) in [6.07, 6.45) is -19.2. The first kappa shape index (κ1) is 93.8. The third-order valence-corrected chi connectivity index (χ3v) is 19.6. The van der Waals surface area contributed by atoms with E-state index in [2.05, 4.69) is 96.9 Å². The van der Waals surface area contributed by atoms with Crippen LogP contribution in [-0.4, -0.2) is 43.0 Å². The lowest BCUT2D eigenvalue weighted by atomic mass is 9.86. The zero-order valence-corrected chi connectivity index (χ0v) is 62.1. The summed E-state index contributed by atoms with van der Waals surface area (Å²) in [6, 6.07) is 0. The molecule has 0 nitrogen and oxygen atoms in total. The molecular weight excluding hydrogens is 1230 g/mol. The minimum absolute atomic E-state index is 0.0509. The van der Waals surface area contributed by atoms with E-state index in [9.17, 15) is 87.8 Å². The van der Waals surface area contributed by atoms with Crippen LogP contribution in [0.5, 0.6) is 0 Å². The van der Waals surface area contributed by atoms with Gasteiger partial charge in [-0.3, -0.25) is 0 Å². The molecular formula is C71H134F20. The Hall–Kier alpha value is -1.40. The highest BCUT2D eigenvalue weighted by molar-refractivity contribution is 4.97. The zero-order chi connectivity index (χ0) is 77.6. The van der Waals surface area contributed by atoms with Crippen LogP contribution in [-0.2, 0) is 0 Å². The number of hydrogen-bond acceptors (Lipinski definition) is 0. The molecule has 0 aromatic rings. The van der Waals surface area contributed by atoms with Gasteiger partial charge in [0, 0.05) is 16.5 Å². The van der Waals surface area contributed by atoms with Gasteiger partial charge in [-0.2, -0.15) is 79.0 Å². The fourth-order valence-corrected chi connectivity index (χ4v) is 10.0. The molecule has 0 saturated heterocycles. The molecule has 0 heterocycles. The summed E-state index contributed by atoms with van der Waals surface area (Å²) in [5.41, 5.74) is -4.24. The minimum Gasteiger partial charge on any atom is -0.207 e. The summed E-state index contributed by atoms with van der Waals surface area (Å²) >= 11 is 0. The van der Waals surface area contributed by atoms with Crippen molar-refractivity contribution in [2.24, 2.45) is 116 Å². The number of halogens is 20. The maximum Gasteiger partial charge on any atom is 0.402 e. The Morgan fingerprint density at radius 3 is 0.758 bits per heavy atom. The highest BCUT2D eigenvalue weighted by Gasteiger charge is 2.66. The lowest BCUT2D eigenvalue weighted by molar-refractivity contribution is -0.335. The van der Waals surface area contributed by atoms with Crippen molar-refractivity contribution in [2.45, 2.75) is 341 Å². The van der Waals surface area contributed by atoms with Crippen molar-refractivity contribution in [2.75, 3.05) is 0 Å². The fourth-order valence-electron chi connectivity index (χ4n) is 10.0.